The van der Waals surface area contributed by atoms with Crippen LogP contribution in [0.4, 0.5) is 0 Å². The molecule has 5 heteroatoms. The molecule has 2 unspecified atom stereocenters. The van der Waals surface area contributed by atoms with Gasteiger partial charge in [-0.2, -0.15) is 5.26 Å². The summed E-state index contributed by atoms with van der Waals surface area (Å²) in [6.45, 7) is 3.17. The first kappa shape index (κ1) is 15.4. The predicted molar refractivity (Wildman–Crippen MR) is 74.6 cm³/mol. The number of carboxylic acids is 1. The van der Waals surface area contributed by atoms with Gasteiger partial charge in [-0.25, -0.2) is 0 Å². The van der Waals surface area contributed by atoms with Crippen LogP contribution in [-0.2, 0) is 9.59 Å². The molecule has 0 spiro atoms. The van der Waals surface area contributed by atoms with E-state index in [0.717, 1.165) is 5.56 Å². The second kappa shape index (κ2) is 7.10. The van der Waals surface area contributed by atoms with E-state index in [9.17, 15) is 9.59 Å². The zero-order chi connectivity index (χ0) is 15.1. The molecule has 0 aromatic heterocycles. The van der Waals surface area contributed by atoms with E-state index in [1.807, 2.05) is 6.07 Å². The number of hydrogen-bond acceptors (Lipinski definition) is 3. The van der Waals surface area contributed by atoms with Crippen molar-refractivity contribution >= 4 is 18.0 Å². The summed E-state index contributed by atoms with van der Waals surface area (Å²) in [5.41, 5.74) is 1.25. The van der Waals surface area contributed by atoms with Gasteiger partial charge in [0.25, 0.3) is 0 Å². The van der Waals surface area contributed by atoms with Crippen molar-refractivity contribution in [3.05, 3.63) is 41.5 Å². The number of nitrogens with zero attached hydrogens (tertiary/aromatic N) is 1. The maximum atomic E-state index is 11.7. The van der Waals surface area contributed by atoms with Crippen molar-refractivity contribution in [2.75, 3.05) is 0 Å². The van der Waals surface area contributed by atoms with Crippen LogP contribution >= 0.6 is 0 Å². The van der Waals surface area contributed by atoms with E-state index in [0.29, 0.717) is 5.56 Å². The molecule has 2 atom stereocenters. The van der Waals surface area contributed by atoms with E-state index in [2.05, 4.69) is 5.32 Å². The zero-order valence-electron chi connectivity index (χ0n) is 11.3. The quantitative estimate of drug-likeness (QED) is 0.800. The maximum Gasteiger partial charge on any atom is 0.308 e. The van der Waals surface area contributed by atoms with Gasteiger partial charge in [0.2, 0.25) is 5.91 Å². The van der Waals surface area contributed by atoms with E-state index < -0.39 is 17.9 Å². The van der Waals surface area contributed by atoms with Crippen molar-refractivity contribution in [2.24, 2.45) is 5.92 Å². The highest BCUT2D eigenvalue weighted by Crippen LogP contribution is 2.06. The summed E-state index contributed by atoms with van der Waals surface area (Å²) in [5, 5.41) is 20.2. The third-order valence-corrected chi connectivity index (χ3v) is 2.95. The number of carbonyl (C=O) groups is 2. The Morgan fingerprint density at radius 3 is 2.70 bits per heavy atom. The molecule has 0 aliphatic carbocycles. The highest BCUT2D eigenvalue weighted by atomic mass is 16.4. The molecular formula is C15H16N2O3. The van der Waals surface area contributed by atoms with Gasteiger partial charge >= 0.3 is 5.97 Å². The molecular weight excluding hydrogens is 256 g/mol. The average molecular weight is 272 g/mol. The molecule has 0 heterocycles. The number of nitriles is 1. The first-order valence-corrected chi connectivity index (χ1v) is 6.15. The highest BCUT2D eigenvalue weighted by molar-refractivity contribution is 5.92. The van der Waals surface area contributed by atoms with E-state index in [1.165, 1.54) is 13.0 Å². The molecule has 104 valence electrons. The summed E-state index contributed by atoms with van der Waals surface area (Å²) < 4.78 is 0. The molecule has 20 heavy (non-hydrogen) atoms. The number of aliphatic carboxylic acids is 1. The minimum atomic E-state index is -0.955. The minimum Gasteiger partial charge on any atom is -0.481 e. The van der Waals surface area contributed by atoms with Crippen molar-refractivity contribution in [3.8, 4) is 6.07 Å². The Morgan fingerprint density at radius 2 is 2.10 bits per heavy atom. The first-order chi connectivity index (χ1) is 9.43. The van der Waals surface area contributed by atoms with Crippen LogP contribution in [0.2, 0.25) is 0 Å². The molecule has 0 saturated carbocycles. The van der Waals surface area contributed by atoms with Gasteiger partial charge in [0, 0.05) is 12.1 Å². The lowest BCUT2D eigenvalue weighted by molar-refractivity contribution is -0.142. The molecule has 1 aromatic rings. The molecule has 0 aliphatic heterocycles. The highest BCUT2D eigenvalue weighted by Gasteiger charge is 2.19. The minimum absolute atomic E-state index is 0.368. The molecule has 0 radical (unpaired) electrons. The Hall–Kier alpha value is -2.61. The molecule has 0 saturated heterocycles. The molecule has 1 aromatic carbocycles. The second-order valence-corrected chi connectivity index (χ2v) is 4.49. The standard InChI is InChI=1S/C15H16N2O3/c1-10(15(19)20)11(2)17-14(18)7-6-12-4-3-5-13(8-12)9-16/h3-8,10-11H,1-2H3,(H,17,18)(H,19,20)/b7-6+. The van der Waals surface area contributed by atoms with Crippen LogP contribution < -0.4 is 5.32 Å². The second-order valence-electron chi connectivity index (χ2n) is 4.49. The smallest absolute Gasteiger partial charge is 0.308 e. The molecule has 0 bridgehead atoms. The maximum absolute atomic E-state index is 11.7. The van der Waals surface area contributed by atoms with E-state index in [-0.39, 0.29) is 5.91 Å². The number of benzene rings is 1. The van der Waals surface area contributed by atoms with Crippen LogP contribution in [0.5, 0.6) is 0 Å². The molecule has 5 nitrogen and oxygen atoms in total. The summed E-state index contributed by atoms with van der Waals surface area (Å²) in [6, 6.07) is 8.39. The van der Waals surface area contributed by atoms with Crippen LogP contribution in [0.3, 0.4) is 0 Å². The number of carboxylic acid groups (broad SMARTS) is 1. The molecule has 0 fully saturated rings. The molecule has 1 rings (SSSR count). The van der Waals surface area contributed by atoms with Crippen molar-refractivity contribution in [3.63, 3.8) is 0 Å². The lowest BCUT2D eigenvalue weighted by atomic mass is 10.0. The van der Waals surface area contributed by atoms with E-state index >= 15 is 0 Å². The van der Waals surface area contributed by atoms with Crippen molar-refractivity contribution in [1.29, 1.82) is 5.26 Å². The van der Waals surface area contributed by atoms with Gasteiger partial charge in [-0.05, 0) is 37.6 Å². The normalized spacial score (nSPS) is 13.4. The van der Waals surface area contributed by atoms with Crippen molar-refractivity contribution in [1.82, 2.24) is 5.32 Å². The van der Waals surface area contributed by atoms with Gasteiger partial charge in [0.05, 0.1) is 17.6 Å². The van der Waals surface area contributed by atoms with Gasteiger partial charge in [0.15, 0.2) is 0 Å². The molecule has 1 amide bonds. The van der Waals surface area contributed by atoms with Crippen LogP contribution in [-0.4, -0.2) is 23.0 Å². The van der Waals surface area contributed by atoms with Crippen molar-refractivity contribution in [2.45, 2.75) is 19.9 Å². The van der Waals surface area contributed by atoms with Gasteiger partial charge in [0.1, 0.15) is 0 Å². The summed E-state index contributed by atoms with van der Waals surface area (Å²) >= 11 is 0. The summed E-state index contributed by atoms with van der Waals surface area (Å²) in [7, 11) is 0. The monoisotopic (exact) mass is 272 g/mol. The van der Waals surface area contributed by atoms with Gasteiger partial charge in [-0.1, -0.05) is 12.1 Å². The lowest BCUT2D eigenvalue weighted by Gasteiger charge is -2.16. The SMILES string of the molecule is CC(NC(=O)/C=C/c1cccc(C#N)c1)C(C)C(=O)O. The Balaban J connectivity index is 2.64. The number of rotatable bonds is 5. The van der Waals surface area contributed by atoms with Crippen LogP contribution in [0, 0.1) is 17.2 Å². The molecule has 2 N–H and O–H groups in total. The van der Waals surface area contributed by atoms with Gasteiger partial charge in [-0.15, -0.1) is 0 Å². The Bertz CT molecular complexity index is 573. The zero-order valence-corrected chi connectivity index (χ0v) is 11.3. The summed E-state index contributed by atoms with van der Waals surface area (Å²) in [6.07, 6.45) is 2.90. The Morgan fingerprint density at radius 1 is 1.40 bits per heavy atom. The summed E-state index contributed by atoms with van der Waals surface area (Å²) in [4.78, 5) is 22.4. The average Bonchev–Trinajstić information content (AvgIpc) is 2.44. The topological polar surface area (TPSA) is 90.2 Å². The third kappa shape index (κ3) is 4.58. The fourth-order valence-corrected chi connectivity index (χ4v) is 1.50. The van der Waals surface area contributed by atoms with E-state index in [1.54, 1.807) is 37.3 Å². The largest absolute Gasteiger partial charge is 0.481 e. The van der Waals surface area contributed by atoms with Crippen LogP contribution in [0.1, 0.15) is 25.0 Å². The molecule has 0 aliphatic rings. The van der Waals surface area contributed by atoms with Crippen LogP contribution in [0.15, 0.2) is 30.3 Å². The Kier molecular flexibility index (Phi) is 5.48. The lowest BCUT2D eigenvalue weighted by Crippen LogP contribution is -2.39. The fraction of sp³-hybridized carbons (Fsp3) is 0.267. The van der Waals surface area contributed by atoms with E-state index in [4.69, 9.17) is 10.4 Å². The number of amides is 1. The van der Waals surface area contributed by atoms with Crippen LogP contribution in [0.25, 0.3) is 6.08 Å². The van der Waals surface area contributed by atoms with Crippen molar-refractivity contribution < 1.29 is 14.7 Å². The van der Waals surface area contributed by atoms with Gasteiger partial charge in [-0.3, -0.25) is 9.59 Å². The number of carbonyl (C=O) groups excluding carboxylic acids is 1. The summed E-state index contributed by atoms with van der Waals surface area (Å²) in [5.74, 6) is -1.98. The first-order valence-electron chi connectivity index (χ1n) is 6.15. The third-order valence-electron chi connectivity index (χ3n) is 2.95. The number of nitrogens with one attached hydrogen (secondary N) is 1. The number of hydrogen-bond donors (Lipinski definition) is 2. The Labute approximate surface area is 117 Å². The predicted octanol–water partition coefficient (Wildman–Crippen LogP) is 1.80. The fourth-order valence-electron chi connectivity index (χ4n) is 1.50. The van der Waals surface area contributed by atoms with Gasteiger partial charge < -0.3 is 10.4 Å².